The van der Waals surface area contributed by atoms with Gasteiger partial charge in [0, 0.05) is 11.6 Å². The van der Waals surface area contributed by atoms with E-state index in [0.29, 0.717) is 11.6 Å². The smallest absolute Gasteiger partial charge is 0.244 e. The number of halogens is 1. The molecule has 0 radical (unpaired) electrons. The van der Waals surface area contributed by atoms with Gasteiger partial charge in [-0.2, -0.15) is 0 Å². The van der Waals surface area contributed by atoms with E-state index in [4.69, 9.17) is 16.3 Å². The first kappa shape index (κ1) is 14.3. The molecule has 0 heterocycles. The van der Waals surface area contributed by atoms with E-state index in [-0.39, 0.29) is 16.6 Å². The third-order valence-corrected chi connectivity index (χ3v) is 3.78. The molecular weight excluding hydrogens is 262 g/mol. The molecule has 1 aromatic rings. The molecule has 0 aliphatic carbocycles. The summed E-state index contributed by atoms with van der Waals surface area (Å²) in [6, 6.07) is 4.50. The number of rotatable bonds is 5. The highest BCUT2D eigenvalue weighted by molar-refractivity contribution is 7.89. The van der Waals surface area contributed by atoms with Crippen LogP contribution in [0.2, 0.25) is 5.02 Å². The number of nitrogens with one attached hydrogen (secondary N) is 1. The van der Waals surface area contributed by atoms with E-state index in [1.165, 1.54) is 19.2 Å². The number of methoxy groups -OCH3 is 1. The van der Waals surface area contributed by atoms with Gasteiger partial charge < -0.3 is 4.74 Å². The number of benzene rings is 1. The van der Waals surface area contributed by atoms with Crippen LogP contribution in [0.15, 0.2) is 23.1 Å². The Labute approximate surface area is 107 Å². The Kier molecular flexibility index (Phi) is 4.80. The average molecular weight is 278 g/mol. The third-order valence-electron chi connectivity index (χ3n) is 2.10. The molecule has 1 rings (SSSR count). The highest BCUT2D eigenvalue weighted by Gasteiger charge is 2.19. The second-order valence-corrected chi connectivity index (χ2v) is 6.21. The Morgan fingerprint density at radius 1 is 1.41 bits per heavy atom. The maximum absolute atomic E-state index is 12.0. The lowest BCUT2D eigenvalue weighted by molar-refractivity contribution is 0.402. The number of sulfonamides is 1. The summed E-state index contributed by atoms with van der Waals surface area (Å²) >= 11 is 5.79. The Morgan fingerprint density at radius 3 is 2.59 bits per heavy atom. The first-order valence-electron chi connectivity index (χ1n) is 5.20. The first-order chi connectivity index (χ1) is 7.86. The summed E-state index contributed by atoms with van der Waals surface area (Å²) in [5.41, 5.74) is 0. The van der Waals surface area contributed by atoms with Gasteiger partial charge in [-0.1, -0.05) is 25.4 Å². The van der Waals surface area contributed by atoms with Crippen molar-refractivity contribution in [1.82, 2.24) is 4.72 Å². The van der Waals surface area contributed by atoms with Gasteiger partial charge in [0.25, 0.3) is 0 Å². The minimum Gasteiger partial charge on any atom is -0.495 e. The molecular formula is C11H16ClNO3S. The van der Waals surface area contributed by atoms with Crippen molar-refractivity contribution in [2.75, 3.05) is 13.7 Å². The Balaban J connectivity index is 3.09. The van der Waals surface area contributed by atoms with Gasteiger partial charge in [0.2, 0.25) is 10.0 Å². The maximum atomic E-state index is 12.0. The Morgan fingerprint density at radius 2 is 2.06 bits per heavy atom. The molecule has 4 nitrogen and oxygen atoms in total. The quantitative estimate of drug-likeness (QED) is 0.898. The zero-order valence-corrected chi connectivity index (χ0v) is 11.6. The fourth-order valence-electron chi connectivity index (χ4n) is 1.21. The maximum Gasteiger partial charge on any atom is 0.244 e. The SMILES string of the molecule is COc1ccc(Cl)cc1S(=O)(=O)NCC(C)C. The molecule has 0 aromatic heterocycles. The second-order valence-electron chi connectivity index (χ2n) is 4.04. The summed E-state index contributed by atoms with van der Waals surface area (Å²) in [7, 11) is -2.16. The molecule has 0 amide bonds. The van der Waals surface area contributed by atoms with Crippen LogP contribution >= 0.6 is 11.6 Å². The molecule has 0 saturated heterocycles. The summed E-state index contributed by atoms with van der Waals surface area (Å²) < 4.78 is 31.6. The molecule has 6 heteroatoms. The van der Waals surface area contributed by atoms with Crippen molar-refractivity contribution in [2.45, 2.75) is 18.7 Å². The van der Waals surface area contributed by atoms with Crippen LogP contribution in [0, 0.1) is 5.92 Å². The van der Waals surface area contributed by atoms with Gasteiger partial charge >= 0.3 is 0 Å². The van der Waals surface area contributed by atoms with Crippen molar-refractivity contribution >= 4 is 21.6 Å². The summed E-state index contributed by atoms with van der Waals surface area (Å²) in [4.78, 5) is 0.0631. The topological polar surface area (TPSA) is 55.4 Å². The molecule has 0 spiro atoms. The van der Waals surface area contributed by atoms with Crippen LogP contribution < -0.4 is 9.46 Å². The third kappa shape index (κ3) is 3.87. The van der Waals surface area contributed by atoms with Gasteiger partial charge in [0.1, 0.15) is 10.6 Å². The van der Waals surface area contributed by atoms with Crippen molar-refractivity contribution in [3.05, 3.63) is 23.2 Å². The van der Waals surface area contributed by atoms with E-state index >= 15 is 0 Å². The molecule has 1 aromatic carbocycles. The van der Waals surface area contributed by atoms with Crippen molar-refractivity contribution in [3.63, 3.8) is 0 Å². The fourth-order valence-corrected chi connectivity index (χ4v) is 2.86. The Hall–Kier alpha value is -0.780. The van der Waals surface area contributed by atoms with E-state index in [2.05, 4.69) is 4.72 Å². The van der Waals surface area contributed by atoms with Gasteiger partial charge in [-0.3, -0.25) is 0 Å². The predicted molar refractivity (Wildman–Crippen MR) is 68.0 cm³/mol. The molecule has 0 unspecified atom stereocenters. The summed E-state index contributed by atoms with van der Waals surface area (Å²) in [6.45, 7) is 4.23. The normalized spacial score (nSPS) is 11.8. The lowest BCUT2D eigenvalue weighted by Gasteiger charge is -2.12. The molecule has 17 heavy (non-hydrogen) atoms. The van der Waals surface area contributed by atoms with Gasteiger partial charge in [0.05, 0.1) is 7.11 Å². The van der Waals surface area contributed by atoms with Gasteiger partial charge in [-0.25, -0.2) is 13.1 Å². The van der Waals surface area contributed by atoms with Crippen molar-refractivity contribution in [2.24, 2.45) is 5.92 Å². The number of ether oxygens (including phenoxy) is 1. The highest BCUT2D eigenvalue weighted by atomic mass is 35.5. The van der Waals surface area contributed by atoms with Crippen LogP contribution in [0.5, 0.6) is 5.75 Å². The minimum absolute atomic E-state index is 0.0631. The summed E-state index contributed by atoms with van der Waals surface area (Å²) in [6.07, 6.45) is 0. The molecule has 0 fully saturated rings. The number of hydrogen-bond acceptors (Lipinski definition) is 3. The van der Waals surface area contributed by atoms with Gasteiger partial charge in [-0.15, -0.1) is 0 Å². The fraction of sp³-hybridized carbons (Fsp3) is 0.455. The molecule has 0 aliphatic heterocycles. The van der Waals surface area contributed by atoms with Crippen LogP contribution in [0.1, 0.15) is 13.8 Å². The highest BCUT2D eigenvalue weighted by Crippen LogP contribution is 2.26. The van der Waals surface area contributed by atoms with Crippen LogP contribution in [-0.2, 0) is 10.0 Å². The van der Waals surface area contributed by atoms with Crippen LogP contribution in [0.4, 0.5) is 0 Å². The van der Waals surface area contributed by atoms with Crippen LogP contribution in [0.3, 0.4) is 0 Å². The summed E-state index contributed by atoms with van der Waals surface area (Å²) in [5, 5.41) is 0.357. The largest absolute Gasteiger partial charge is 0.495 e. The van der Waals surface area contributed by atoms with Crippen LogP contribution in [0.25, 0.3) is 0 Å². The van der Waals surface area contributed by atoms with Crippen molar-refractivity contribution < 1.29 is 13.2 Å². The molecule has 96 valence electrons. The molecule has 1 N–H and O–H groups in total. The van der Waals surface area contributed by atoms with Gasteiger partial charge in [-0.05, 0) is 24.1 Å². The summed E-state index contributed by atoms with van der Waals surface area (Å²) in [5.74, 6) is 0.514. The second kappa shape index (κ2) is 5.71. The number of hydrogen-bond donors (Lipinski definition) is 1. The predicted octanol–water partition coefficient (Wildman–Crippen LogP) is 2.28. The molecule has 0 atom stereocenters. The zero-order valence-electron chi connectivity index (χ0n) is 10.0. The molecule has 0 saturated carbocycles. The monoisotopic (exact) mass is 277 g/mol. The van der Waals surface area contributed by atoms with E-state index in [1.807, 2.05) is 13.8 Å². The van der Waals surface area contributed by atoms with E-state index in [9.17, 15) is 8.42 Å². The minimum atomic E-state index is -3.58. The van der Waals surface area contributed by atoms with Crippen molar-refractivity contribution in [1.29, 1.82) is 0 Å². The molecule has 0 bridgehead atoms. The Bertz CT molecular complexity index is 485. The first-order valence-corrected chi connectivity index (χ1v) is 7.06. The average Bonchev–Trinajstić information content (AvgIpc) is 2.26. The standard InChI is InChI=1S/C11H16ClNO3S/c1-8(2)7-13-17(14,15)11-6-9(12)4-5-10(11)16-3/h4-6,8,13H,7H2,1-3H3. The van der Waals surface area contributed by atoms with Crippen LogP contribution in [-0.4, -0.2) is 22.1 Å². The molecule has 0 aliphatic rings. The van der Waals surface area contributed by atoms with Gasteiger partial charge in [0.15, 0.2) is 0 Å². The van der Waals surface area contributed by atoms with Crippen molar-refractivity contribution in [3.8, 4) is 5.75 Å². The lowest BCUT2D eigenvalue weighted by Crippen LogP contribution is -2.27. The lowest BCUT2D eigenvalue weighted by atomic mass is 10.2. The van der Waals surface area contributed by atoms with E-state index < -0.39 is 10.0 Å². The zero-order chi connectivity index (χ0) is 13.1. The van der Waals surface area contributed by atoms with E-state index in [0.717, 1.165) is 0 Å². The van der Waals surface area contributed by atoms with E-state index in [1.54, 1.807) is 6.07 Å².